The molecule has 0 aliphatic carbocycles. The Balaban J connectivity index is 1.60. The first-order valence-corrected chi connectivity index (χ1v) is 7.27. The Morgan fingerprint density at radius 1 is 1.19 bits per heavy atom. The minimum atomic E-state index is 0.268. The second-order valence-corrected chi connectivity index (χ2v) is 5.08. The van der Waals surface area contributed by atoms with E-state index in [-0.39, 0.29) is 6.61 Å². The smallest absolute Gasteiger partial charge is 0.288 e. The molecule has 7 heteroatoms. The molecule has 2 heterocycles. The minimum absolute atomic E-state index is 0.268. The molecule has 2 aromatic rings. The van der Waals surface area contributed by atoms with Crippen molar-refractivity contribution in [3.63, 3.8) is 0 Å². The molecule has 6 nitrogen and oxygen atoms in total. The maximum absolute atomic E-state index is 5.60. The first-order chi connectivity index (χ1) is 10.3. The summed E-state index contributed by atoms with van der Waals surface area (Å²) in [6.07, 6.45) is 0. The predicted molar refractivity (Wildman–Crippen MR) is 78.5 cm³/mol. The van der Waals surface area contributed by atoms with Crippen molar-refractivity contribution in [2.75, 3.05) is 26.3 Å². The van der Waals surface area contributed by atoms with Crippen molar-refractivity contribution in [3.8, 4) is 5.75 Å². The first kappa shape index (κ1) is 14.2. The molecule has 1 fully saturated rings. The summed E-state index contributed by atoms with van der Waals surface area (Å²) in [5.41, 5.74) is 0. The number of morpholine rings is 1. The van der Waals surface area contributed by atoms with Crippen LogP contribution in [0, 0.1) is 4.84 Å². The van der Waals surface area contributed by atoms with Crippen molar-refractivity contribution in [2.45, 2.75) is 13.3 Å². The summed E-state index contributed by atoms with van der Waals surface area (Å²) < 4.78 is 18.1. The van der Waals surface area contributed by atoms with Crippen molar-refractivity contribution in [1.29, 1.82) is 0 Å². The number of hydrogen-bond donors (Lipinski definition) is 0. The Hall–Kier alpha value is -1.70. The largest absolute Gasteiger partial charge is 0.484 e. The van der Waals surface area contributed by atoms with E-state index in [1.54, 1.807) is 4.68 Å². The van der Waals surface area contributed by atoms with Crippen molar-refractivity contribution in [3.05, 3.63) is 41.1 Å². The predicted octanol–water partition coefficient (Wildman–Crippen LogP) is 2.07. The molecular weight excluding hydrogens is 290 g/mol. The van der Waals surface area contributed by atoms with Gasteiger partial charge in [-0.3, -0.25) is 4.90 Å². The van der Waals surface area contributed by atoms with E-state index in [9.17, 15) is 0 Å². The van der Waals surface area contributed by atoms with Crippen LogP contribution in [0.5, 0.6) is 5.75 Å². The Morgan fingerprint density at radius 3 is 2.71 bits per heavy atom. The Bertz CT molecular complexity index is 620. The third kappa shape index (κ3) is 3.90. The van der Waals surface area contributed by atoms with E-state index in [4.69, 9.17) is 26.1 Å². The lowest BCUT2D eigenvalue weighted by Gasteiger charge is -2.25. The summed E-state index contributed by atoms with van der Waals surface area (Å²) in [7, 11) is 0. The Labute approximate surface area is 127 Å². The number of nitrogens with zero attached hydrogens (tertiary/aromatic N) is 3. The molecule has 0 unspecified atom stereocenters. The molecule has 1 aliphatic heterocycles. The second-order valence-electron chi connectivity index (χ2n) is 4.73. The molecule has 1 saturated heterocycles. The number of rotatable bonds is 5. The molecule has 0 N–H and O–H groups in total. The summed E-state index contributed by atoms with van der Waals surface area (Å²) in [4.78, 5) is 2.59. The van der Waals surface area contributed by atoms with Gasteiger partial charge in [0, 0.05) is 13.1 Å². The lowest BCUT2D eigenvalue weighted by molar-refractivity contribution is 0.0206. The fourth-order valence-corrected chi connectivity index (χ4v) is 2.29. The lowest BCUT2D eigenvalue weighted by Crippen LogP contribution is -2.37. The van der Waals surface area contributed by atoms with Crippen molar-refractivity contribution in [2.24, 2.45) is 0 Å². The molecular formula is C14H17N3O3S. The zero-order valence-corrected chi connectivity index (χ0v) is 12.4. The maximum atomic E-state index is 5.60. The fourth-order valence-electron chi connectivity index (χ4n) is 2.09. The summed E-state index contributed by atoms with van der Waals surface area (Å²) in [5, 5.41) is 4.36. The van der Waals surface area contributed by atoms with Gasteiger partial charge in [-0.15, -0.1) is 5.10 Å². The van der Waals surface area contributed by atoms with E-state index in [1.165, 1.54) is 0 Å². The van der Waals surface area contributed by atoms with Crippen molar-refractivity contribution >= 4 is 12.2 Å². The maximum Gasteiger partial charge on any atom is 0.288 e. The zero-order chi connectivity index (χ0) is 14.5. The molecule has 1 aromatic heterocycles. The van der Waals surface area contributed by atoms with E-state index >= 15 is 0 Å². The SMILES string of the molecule is S=c1oc(COc2ccccc2)nn1CN1CCOCC1. The molecule has 0 saturated carbocycles. The van der Waals surface area contributed by atoms with Gasteiger partial charge >= 0.3 is 0 Å². The molecule has 3 rings (SSSR count). The van der Waals surface area contributed by atoms with E-state index in [2.05, 4.69) is 10.00 Å². The lowest BCUT2D eigenvalue weighted by atomic mass is 10.3. The highest BCUT2D eigenvalue weighted by molar-refractivity contribution is 7.71. The molecule has 0 atom stereocenters. The molecule has 0 spiro atoms. The van der Waals surface area contributed by atoms with Crippen LogP contribution in [0.15, 0.2) is 34.7 Å². The van der Waals surface area contributed by atoms with Gasteiger partial charge in [0.05, 0.1) is 19.9 Å². The summed E-state index contributed by atoms with van der Waals surface area (Å²) >= 11 is 5.19. The van der Waals surface area contributed by atoms with Crippen molar-refractivity contribution in [1.82, 2.24) is 14.7 Å². The van der Waals surface area contributed by atoms with Gasteiger partial charge in [-0.2, -0.15) is 0 Å². The third-order valence-corrected chi connectivity index (χ3v) is 3.49. The highest BCUT2D eigenvalue weighted by atomic mass is 32.1. The van der Waals surface area contributed by atoms with E-state index < -0.39 is 0 Å². The van der Waals surface area contributed by atoms with Crippen LogP contribution in [0.3, 0.4) is 0 Å². The van der Waals surface area contributed by atoms with Crippen molar-refractivity contribution < 1.29 is 13.9 Å². The van der Waals surface area contributed by atoms with Gasteiger partial charge in [0.25, 0.3) is 10.7 Å². The molecule has 1 aliphatic rings. The van der Waals surface area contributed by atoms with Gasteiger partial charge in [0.15, 0.2) is 6.61 Å². The topological polar surface area (TPSA) is 52.7 Å². The summed E-state index contributed by atoms with van der Waals surface area (Å²) in [6, 6.07) is 9.55. The second kappa shape index (κ2) is 6.84. The Kier molecular flexibility index (Phi) is 4.64. The van der Waals surface area contributed by atoms with Crippen LogP contribution in [0.25, 0.3) is 0 Å². The summed E-state index contributed by atoms with van der Waals surface area (Å²) in [6.45, 7) is 4.14. The van der Waals surface area contributed by atoms with Gasteiger partial charge in [-0.1, -0.05) is 18.2 Å². The fraction of sp³-hybridized carbons (Fsp3) is 0.429. The molecule has 0 bridgehead atoms. The van der Waals surface area contributed by atoms with Crippen LogP contribution in [0.2, 0.25) is 0 Å². The number of para-hydroxylation sites is 1. The minimum Gasteiger partial charge on any atom is -0.484 e. The van der Waals surface area contributed by atoms with Crippen LogP contribution < -0.4 is 4.74 Å². The van der Waals surface area contributed by atoms with Crippen LogP contribution in [0.4, 0.5) is 0 Å². The normalized spacial score (nSPS) is 16.0. The Morgan fingerprint density at radius 2 is 1.95 bits per heavy atom. The van der Waals surface area contributed by atoms with Crippen LogP contribution in [-0.2, 0) is 18.0 Å². The van der Waals surface area contributed by atoms with E-state index in [0.29, 0.717) is 17.4 Å². The van der Waals surface area contributed by atoms with E-state index in [1.807, 2.05) is 30.3 Å². The van der Waals surface area contributed by atoms with Gasteiger partial charge in [-0.05, 0) is 24.4 Å². The standard InChI is InChI=1S/C14H17N3O3S/c21-14-17(11-16-6-8-18-9-7-16)15-13(20-14)10-19-12-4-2-1-3-5-12/h1-5H,6-11H2. The molecule has 1 aromatic carbocycles. The molecule has 112 valence electrons. The number of hydrogen-bond acceptors (Lipinski definition) is 6. The van der Waals surface area contributed by atoms with Crippen LogP contribution >= 0.6 is 12.2 Å². The molecule has 21 heavy (non-hydrogen) atoms. The molecule has 0 amide bonds. The number of ether oxygens (including phenoxy) is 2. The third-order valence-electron chi connectivity index (χ3n) is 3.19. The van der Waals surface area contributed by atoms with Crippen LogP contribution in [0.1, 0.15) is 5.89 Å². The van der Waals surface area contributed by atoms with Gasteiger partial charge in [-0.25, -0.2) is 4.68 Å². The monoisotopic (exact) mass is 307 g/mol. The first-order valence-electron chi connectivity index (χ1n) is 6.86. The average Bonchev–Trinajstić information content (AvgIpc) is 2.87. The average molecular weight is 307 g/mol. The van der Waals surface area contributed by atoms with Gasteiger partial charge < -0.3 is 13.9 Å². The van der Waals surface area contributed by atoms with Crippen LogP contribution in [-0.4, -0.2) is 41.0 Å². The van der Waals surface area contributed by atoms with Gasteiger partial charge in [0.2, 0.25) is 0 Å². The quantitative estimate of drug-likeness (QED) is 0.788. The zero-order valence-electron chi connectivity index (χ0n) is 11.6. The number of benzene rings is 1. The van der Waals surface area contributed by atoms with E-state index in [0.717, 1.165) is 32.1 Å². The van der Waals surface area contributed by atoms with Gasteiger partial charge in [0.1, 0.15) is 5.75 Å². The summed E-state index contributed by atoms with van der Waals surface area (Å²) in [5.74, 6) is 1.26. The highest BCUT2D eigenvalue weighted by Crippen LogP contribution is 2.11. The highest BCUT2D eigenvalue weighted by Gasteiger charge is 2.13. The molecule has 0 radical (unpaired) electrons. The number of aromatic nitrogens is 2.